The second kappa shape index (κ2) is 8.85. The van der Waals surface area contributed by atoms with Crippen molar-refractivity contribution in [3.63, 3.8) is 0 Å². The molecule has 1 aromatic carbocycles. The van der Waals surface area contributed by atoms with E-state index in [2.05, 4.69) is 10.8 Å². The summed E-state index contributed by atoms with van der Waals surface area (Å²) in [7, 11) is 0. The number of hydroxylamine groups is 1. The Kier molecular flexibility index (Phi) is 6.79. The molecular formula is C19H27N3O5. The molecule has 1 fully saturated rings. The van der Waals surface area contributed by atoms with Gasteiger partial charge in [-0.2, -0.15) is 0 Å². The molecule has 1 atom stereocenters. The van der Waals surface area contributed by atoms with Gasteiger partial charge >= 0.3 is 6.09 Å². The van der Waals surface area contributed by atoms with Crippen molar-refractivity contribution in [2.24, 2.45) is 0 Å². The van der Waals surface area contributed by atoms with Crippen molar-refractivity contribution in [2.75, 3.05) is 18.1 Å². The first-order valence-corrected chi connectivity index (χ1v) is 8.98. The van der Waals surface area contributed by atoms with Gasteiger partial charge in [0.15, 0.2) is 0 Å². The number of amides is 3. The van der Waals surface area contributed by atoms with Crippen LogP contribution < -0.4 is 15.7 Å². The number of anilines is 1. The third kappa shape index (κ3) is 6.56. The van der Waals surface area contributed by atoms with Crippen molar-refractivity contribution >= 4 is 23.6 Å². The number of ether oxygens (including phenoxy) is 1. The van der Waals surface area contributed by atoms with Crippen LogP contribution in [-0.2, 0) is 14.4 Å². The smallest absolute Gasteiger partial charge is 0.407 e. The Morgan fingerprint density at radius 1 is 1.22 bits per heavy atom. The van der Waals surface area contributed by atoms with Gasteiger partial charge < -0.3 is 15.0 Å². The SMILES string of the molecule is C[C@@H](CONC(=O)c1ccc(N2CCCC2=O)cc1)NC(=O)OC(C)(C)C. The van der Waals surface area contributed by atoms with Crippen molar-refractivity contribution in [3.05, 3.63) is 29.8 Å². The summed E-state index contributed by atoms with van der Waals surface area (Å²) in [6.45, 7) is 7.86. The molecule has 3 amide bonds. The predicted octanol–water partition coefficient (Wildman–Crippen LogP) is 2.39. The fraction of sp³-hybridized carbons (Fsp3) is 0.526. The van der Waals surface area contributed by atoms with Gasteiger partial charge in [-0.1, -0.05) is 0 Å². The highest BCUT2D eigenvalue weighted by Crippen LogP contribution is 2.21. The van der Waals surface area contributed by atoms with Crippen LogP contribution in [0.5, 0.6) is 0 Å². The van der Waals surface area contributed by atoms with Gasteiger partial charge in [0.05, 0.1) is 12.6 Å². The molecule has 0 bridgehead atoms. The lowest BCUT2D eigenvalue weighted by molar-refractivity contribution is -0.117. The second-order valence-electron chi connectivity index (χ2n) is 7.49. The zero-order valence-electron chi connectivity index (χ0n) is 16.2. The first kappa shape index (κ1) is 20.7. The number of carbonyl (C=O) groups excluding carboxylic acids is 3. The number of hydrogen-bond donors (Lipinski definition) is 2. The van der Waals surface area contributed by atoms with Crippen molar-refractivity contribution in [1.29, 1.82) is 0 Å². The summed E-state index contributed by atoms with van der Waals surface area (Å²) >= 11 is 0. The van der Waals surface area contributed by atoms with Crippen LogP contribution in [0.1, 0.15) is 50.9 Å². The van der Waals surface area contributed by atoms with Gasteiger partial charge in [0.1, 0.15) is 5.60 Å². The van der Waals surface area contributed by atoms with E-state index in [0.717, 1.165) is 12.1 Å². The molecule has 1 heterocycles. The van der Waals surface area contributed by atoms with Gasteiger partial charge in [0, 0.05) is 24.2 Å². The summed E-state index contributed by atoms with van der Waals surface area (Å²) in [5.74, 6) is -0.305. The Morgan fingerprint density at radius 3 is 2.44 bits per heavy atom. The normalized spacial score (nSPS) is 15.4. The van der Waals surface area contributed by atoms with Gasteiger partial charge in [0.2, 0.25) is 5.91 Å². The van der Waals surface area contributed by atoms with Crippen LogP contribution in [0.15, 0.2) is 24.3 Å². The molecule has 1 aliphatic rings. The maximum absolute atomic E-state index is 12.1. The lowest BCUT2D eigenvalue weighted by atomic mass is 10.2. The van der Waals surface area contributed by atoms with Crippen molar-refractivity contribution in [2.45, 2.75) is 52.2 Å². The summed E-state index contributed by atoms with van der Waals surface area (Å²) in [6.07, 6.45) is 0.868. The first-order chi connectivity index (χ1) is 12.7. The minimum absolute atomic E-state index is 0.0886. The summed E-state index contributed by atoms with van der Waals surface area (Å²) in [4.78, 5) is 42.4. The third-order valence-electron chi connectivity index (χ3n) is 3.78. The van der Waals surface area contributed by atoms with Gasteiger partial charge in [-0.3, -0.25) is 14.4 Å². The first-order valence-electron chi connectivity index (χ1n) is 8.98. The molecule has 0 unspecified atom stereocenters. The molecule has 0 radical (unpaired) electrons. The van der Waals surface area contributed by atoms with E-state index in [1.807, 2.05) is 0 Å². The zero-order chi connectivity index (χ0) is 20.0. The number of carbonyl (C=O) groups is 3. The number of hydrogen-bond acceptors (Lipinski definition) is 5. The number of alkyl carbamates (subject to hydrolysis) is 1. The molecule has 148 valence electrons. The lowest BCUT2D eigenvalue weighted by Crippen LogP contribution is -2.41. The van der Waals surface area contributed by atoms with E-state index < -0.39 is 17.6 Å². The molecule has 1 aromatic rings. The molecule has 27 heavy (non-hydrogen) atoms. The highest BCUT2D eigenvalue weighted by atomic mass is 16.7. The molecule has 2 rings (SSSR count). The average Bonchev–Trinajstić information content (AvgIpc) is 2.99. The average molecular weight is 377 g/mol. The van der Waals surface area contributed by atoms with Crippen LogP contribution in [0.2, 0.25) is 0 Å². The van der Waals surface area contributed by atoms with Crippen LogP contribution in [0.25, 0.3) is 0 Å². The summed E-state index contributed by atoms with van der Waals surface area (Å²) in [6, 6.07) is 6.42. The van der Waals surface area contributed by atoms with Gasteiger partial charge in [-0.05, 0) is 58.4 Å². The number of benzene rings is 1. The Morgan fingerprint density at radius 2 is 1.89 bits per heavy atom. The van der Waals surface area contributed by atoms with E-state index in [4.69, 9.17) is 9.57 Å². The highest BCUT2D eigenvalue weighted by molar-refractivity contribution is 5.97. The molecular weight excluding hydrogens is 350 g/mol. The molecule has 8 heteroatoms. The number of nitrogens with zero attached hydrogens (tertiary/aromatic N) is 1. The standard InChI is InChI=1S/C19H27N3O5/c1-13(20-18(25)27-19(2,3)4)12-26-21-17(24)14-7-9-15(10-8-14)22-11-5-6-16(22)23/h7-10,13H,5-6,11-12H2,1-4H3,(H,20,25)(H,21,24)/t13-/m0/s1. The van der Waals surface area contributed by atoms with E-state index in [1.54, 1.807) is 56.9 Å². The monoisotopic (exact) mass is 377 g/mol. The van der Waals surface area contributed by atoms with E-state index in [0.29, 0.717) is 18.5 Å². The van der Waals surface area contributed by atoms with Crippen LogP contribution in [0, 0.1) is 0 Å². The molecule has 1 saturated heterocycles. The fourth-order valence-corrected chi connectivity index (χ4v) is 2.56. The summed E-state index contributed by atoms with van der Waals surface area (Å²) in [5.41, 5.74) is 2.96. The Labute approximate surface area is 159 Å². The molecule has 0 saturated carbocycles. The quantitative estimate of drug-likeness (QED) is 0.742. The largest absolute Gasteiger partial charge is 0.444 e. The van der Waals surface area contributed by atoms with Crippen LogP contribution in [0.3, 0.4) is 0 Å². The minimum atomic E-state index is -0.579. The second-order valence-corrected chi connectivity index (χ2v) is 7.49. The molecule has 2 N–H and O–H groups in total. The molecule has 0 spiro atoms. The Balaban J connectivity index is 1.75. The predicted molar refractivity (Wildman–Crippen MR) is 100 cm³/mol. The molecule has 0 aliphatic carbocycles. The summed E-state index contributed by atoms with van der Waals surface area (Å²) in [5, 5.41) is 2.62. The molecule has 0 aromatic heterocycles. The Hall–Kier alpha value is -2.61. The van der Waals surface area contributed by atoms with Crippen LogP contribution in [0.4, 0.5) is 10.5 Å². The van der Waals surface area contributed by atoms with E-state index in [1.165, 1.54) is 0 Å². The van der Waals surface area contributed by atoms with Crippen LogP contribution in [-0.4, -0.2) is 42.7 Å². The van der Waals surface area contributed by atoms with Gasteiger partial charge in [-0.15, -0.1) is 0 Å². The van der Waals surface area contributed by atoms with Crippen molar-refractivity contribution < 1.29 is 24.0 Å². The molecule has 8 nitrogen and oxygen atoms in total. The van der Waals surface area contributed by atoms with Gasteiger partial charge in [-0.25, -0.2) is 10.3 Å². The van der Waals surface area contributed by atoms with Gasteiger partial charge in [0.25, 0.3) is 5.91 Å². The Bertz CT molecular complexity index is 682. The maximum Gasteiger partial charge on any atom is 0.407 e. The van der Waals surface area contributed by atoms with E-state index >= 15 is 0 Å². The lowest BCUT2D eigenvalue weighted by Gasteiger charge is -2.21. The summed E-state index contributed by atoms with van der Waals surface area (Å²) < 4.78 is 5.15. The highest BCUT2D eigenvalue weighted by Gasteiger charge is 2.22. The zero-order valence-corrected chi connectivity index (χ0v) is 16.2. The minimum Gasteiger partial charge on any atom is -0.444 e. The van der Waals surface area contributed by atoms with Crippen molar-refractivity contribution in [3.8, 4) is 0 Å². The number of rotatable bonds is 6. The molecule has 1 aliphatic heterocycles. The van der Waals surface area contributed by atoms with Crippen molar-refractivity contribution in [1.82, 2.24) is 10.8 Å². The van der Waals surface area contributed by atoms with Crippen LogP contribution >= 0.6 is 0 Å². The van der Waals surface area contributed by atoms with E-state index in [-0.39, 0.29) is 18.6 Å². The fourth-order valence-electron chi connectivity index (χ4n) is 2.56. The van der Waals surface area contributed by atoms with E-state index in [9.17, 15) is 14.4 Å². The topological polar surface area (TPSA) is 97.0 Å². The maximum atomic E-state index is 12.1. The third-order valence-corrected chi connectivity index (χ3v) is 3.78. The number of nitrogens with one attached hydrogen (secondary N) is 2.